The maximum atomic E-state index is 11.8. The number of thioether (sulfide) groups is 1. The molecule has 19 heavy (non-hydrogen) atoms. The number of amides is 3. The number of nitrogens with zero attached hydrogens (tertiary/aromatic N) is 1. The molecule has 0 saturated carbocycles. The van der Waals surface area contributed by atoms with Crippen LogP contribution in [0.2, 0.25) is 0 Å². The predicted octanol–water partition coefficient (Wildman–Crippen LogP) is -0.277. The zero-order valence-corrected chi connectivity index (χ0v) is 11.8. The van der Waals surface area contributed by atoms with Gasteiger partial charge in [0.15, 0.2) is 0 Å². The number of carbonyl (C=O) groups excluding carboxylic acids is 2. The summed E-state index contributed by atoms with van der Waals surface area (Å²) in [6.07, 6.45) is 0. The second-order valence-electron chi connectivity index (χ2n) is 4.49. The van der Waals surface area contributed by atoms with Gasteiger partial charge in [-0.15, -0.1) is 0 Å². The van der Waals surface area contributed by atoms with E-state index in [-0.39, 0.29) is 12.6 Å². The van der Waals surface area contributed by atoms with Gasteiger partial charge in [-0.3, -0.25) is 9.59 Å². The minimum absolute atomic E-state index is 0.210. The lowest BCUT2D eigenvalue weighted by atomic mass is 10.3. The van der Waals surface area contributed by atoms with Crippen LogP contribution in [0, 0.1) is 0 Å². The summed E-state index contributed by atoms with van der Waals surface area (Å²) in [5.41, 5.74) is 0. The molecule has 1 aliphatic heterocycles. The number of nitrogens with one attached hydrogen (secondary N) is 2. The lowest BCUT2D eigenvalue weighted by Crippen LogP contribution is -2.50. The Balaban J connectivity index is 2.30. The number of hydrogen-bond acceptors (Lipinski definition) is 4. The zero-order chi connectivity index (χ0) is 14.4. The predicted molar refractivity (Wildman–Crippen MR) is 72.1 cm³/mol. The molecule has 8 heteroatoms. The van der Waals surface area contributed by atoms with Crippen molar-refractivity contribution in [1.29, 1.82) is 0 Å². The van der Waals surface area contributed by atoms with Crippen molar-refractivity contribution in [2.75, 3.05) is 26.2 Å². The van der Waals surface area contributed by atoms with Crippen LogP contribution in [0.3, 0.4) is 0 Å². The van der Waals surface area contributed by atoms with Gasteiger partial charge in [0, 0.05) is 23.6 Å². The van der Waals surface area contributed by atoms with Gasteiger partial charge >= 0.3 is 12.0 Å². The van der Waals surface area contributed by atoms with Crippen LogP contribution in [0.25, 0.3) is 0 Å². The van der Waals surface area contributed by atoms with E-state index in [9.17, 15) is 14.4 Å². The third kappa shape index (κ3) is 5.82. The van der Waals surface area contributed by atoms with E-state index in [1.54, 1.807) is 4.90 Å². The average Bonchev–Trinajstić information content (AvgIpc) is 2.32. The summed E-state index contributed by atoms with van der Waals surface area (Å²) >= 11 is 1.83. The van der Waals surface area contributed by atoms with Crippen molar-refractivity contribution in [1.82, 2.24) is 15.5 Å². The Labute approximate surface area is 116 Å². The highest BCUT2D eigenvalue weighted by Gasteiger charge is 2.25. The van der Waals surface area contributed by atoms with Gasteiger partial charge < -0.3 is 20.6 Å². The summed E-state index contributed by atoms with van der Waals surface area (Å²) in [5.74, 6) is -1.63. The third-order valence-electron chi connectivity index (χ3n) is 2.54. The summed E-state index contributed by atoms with van der Waals surface area (Å²) in [6, 6.07) is -0.288. The first-order valence-corrected chi connectivity index (χ1v) is 6.99. The number of carboxylic acids is 1. The number of hydrogen-bond donors (Lipinski definition) is 3. The zero-order valence-electron chi connectivity index (χ0n) is 11.0. The molecule has 1 heterocycles. The molecule has 0 bridgehead atoms. The van der Waals surface area contributed by atoms with Gasteiger partial charge in [-0.05, 0) is 0 Å². The molecule has 0 aliphatic carbocycles. The van der Waals surface area contributed by atoms with Gasteiger partial charge in [0.1, 0.15) is 6.54 Å². The van der Waals surface area contributed by atoms with E-state index >= 15 is 0 Å². The minimum atomic E-state index is -1.12. The molecule has 3 amide bonds. The summed E-state index contributed by atoms with van der Waals surface area (Å²) in [6.45, 7) is 4.76. The topological polar surface area (TPSA) is 98.7 Å². The van der Waals surface area contributed by atoms with E-state index in [1.165, 1.54) is 0 Å². The monoisotopic (exact) mass is 289 g/mol. The molecule has 7 nitrogen and oxygen atoms in total. The molecular weight excluding hydrogens is 270 g/mol. The average molecular weight is 289 g/mol. The second-order valence-corrected chi connectivity index (χ2v) is 6.37. The van der Waals surface area contributed by atoms with Crippen molar-refractivity contribution in [2.24, 2.45) is 0 Å². The molecule has 2 atom stereocenters. The van der Waals surface area contributed by atoms with Crippen LogP contribution in [0.15, 0.2) is 0 Å². The normalized spacial score (nSPS) is 22.7. The van der Waals surface area contributed by atoms with Crippen molar-refractivity contribution in [3.05, 3.63) is 0 Å². The second kappa shape index (κ2) is 7.22. The van der Waals surface area contributed by atoms with Gasteiger partial charge in [-0.25, -0.2) is 4.79 Å². The van der Waals surface area contributed by atoms with Gasteiger partial charge in [0.2, 0.25) is 5.91 Å². The van der Waals surface area contributed by atoms with E-state index in [0.717, 1.165) is 0 Å². The smallest absolute Gasteiger partial charge is 0.322 e. The summed E-state index contributed by atoms with van der Waals surface area (Å²) in [7, 11) is 0. The van der Waals surface area contributed by atoms with Crippen LogP contribution in [-0.4, -0.2) is 64.6 Å². The van der Waals surface area contributed by atoms with Gasteiger partial charge in [0.25, 0.3) is 0 Å². The summed E-state index contributed by atoms with van der Waals surface area (Å²) < 4.78 is 0. The SMILES string of the molecule is CC1CN(C(=O)NCC(=O)NCC(=O)O)CC(C)S1. The van der Waals surface area contributed by atoms with Gasteiger partial charge in [-0.2, -0.15) is 11.8 Å². The molecule has 1 fully saturated rings. The maximum Gasteiger partial charge on any atom is 0.322 e. The molecule has 1 rings (SSSR count). The van der Waals surface area contributed by atoms with E-state index in [0.29, 0.717) is 23.6 Å². The Morgan fingerprint density at radius 2 is 1.74 bits per heavy atom. The van der Waals surface area contributed by atoms with E-state index in [4.69, 9.17) is 5.11 Å². The summed E-state index contributed by atoms with van der Waals surface area (Å²) in [4.78, 5) is 35.0. The highest BCUT2D eigenvalue weighted by atomic mass is 32.2. The fraction of sp³-hybridized carbons (Fsp3) is 0.727. The molecule has 2 unspecified atom stereocenters. The number of carboxylic acid groups (broad SMARTS) is 1. The standard InChI is InChI=1S/C11H19N3O4S/c1-7-5-14(6-8(2)19-7)11(18)13-3-9(15)12-4-10(16)17/h7-8H,3-6H2,1-2H3,(H,12,15)(H,13,18)(H,16,17). The molecule has 0 aromatic rings. The molecule has 108 valence electrons. The molecule has 1 saturated heterocycles. The van der Waals surface area contributed by atoms with Gasteiger partial charge in [-0.1, -0.05) is 13.8 Å². The Bertz CT molecular complexity index is 354. The van der Waals surface area contributed by atoms with Crippen LogP contribution < -0.4 is 10.6 Å². The largest absolute Gasteiger partial charge is 0.480 e. The lowest BCUT2D eigenvalue weighted by molar-refractivity contribution is -0.137. The first kappa shape index (κ1) is 15.6. The van der Waals surface area contributed by atoms with Gasteiger partial charge in [0.05, 0.1) is 6.54 Å². The Morgan fingerprint density at radius 1 is 1.16 bits per heavy atom. The van der Waals surface area contributed by atoms with Crippen LogP contribution in [0.1, 0.15) is 13.8 Å². The highest BCUT2D eigenvalue weighted by Crippen LogP contribution is 2.24. The Kier molecular flexibility index (Phi) is 5.94. The molecule has 3 N–H and O–H groups in total. The van der Waals surface area contributed by atoms with Crippen LogP contribution in [-0.2, 0) is 9.59 Å². The third-order valence-corrected chi connectivity index (χ3v) is 3.77. The minimum Gasteiger partial charge on any atom is -0.480 e. The van der Waals surface area contributed by atoms with Crippen molar-refractivity contribution < 1.29 is 19.5 Å². The fourth-order valence-electron chi connectivity index (χ4n) is 1.85. The quantitative estimate of drug-likeness (QED) is 0.661. The number of urea groups is 1. The Hall–Kier alpha value is -1.44. The number of rotatable bonds is 4. The van der Waals surface area contributed by atoms with E-state index < -0.39 is 18.4 Å². The Morgan fingerprint density at radius 3 is 2.26 bits per heavy atom. The molecule has 0 spiro atoms. The van der Waals surface area contributed by atoms with Crippen molar-refractivity contribution in [3.8, 4) is 0 Å². The first-order valence-electron chi connectivity index (χ1n) is 6.05. The number of aliphatic carboxylic acids is 1. The van der Waals surface area contributed by atoms with Crippen molar-refractivity contribution in [3.63, 3.8) is 0 Å². The van der Waals surface area contributed by atoms with Crippen LogP contribution >= 0.6 is 11.8 Å². The molecule has 0 aromatic heterocycles. The van der Waals surface area contributed by atoms with Crippen LogP contribution in [0.5, 0.6) is 0 Å². The highest BCUT2D eigenvalue weighted by molar-refractivity contribution is 8.00. The molecular formula is C11H19N3O4S. The van der Waals surface area contributed by atoms with E-state index in [1.807, 2.05) is 11.8 Å². The summed E-state index contributed by atoms with van der Waals surface area (Å²) in [5, 5.41) is 13.8. The first-order chi connectivity index (χ1) is 8.88. The lowest BCUT2D eigenvalue weighted by Gasteiger charge is -2.34. The maximum absolute atomic E-state index is 11.8. The van der Waals surface area contributed by atoms with Crippen molar-refractivity contribution >= 4 is 29.7 Å². The van der Waals surface area contributed by atoms with Crippen LogP contribution in [0.4, 0.5) is 4.79 Å². The molecule has 0 aromatic carbocycles. The van der Waals surface area contributed by atoms with Crippen molar-refractivity contribution in [2.45, 2.75) is 24.3 Å². The van der Waals surface area contributed by atoms with E-state index in [2.05, 4.69) is 24.5 Å². The number of carbonyl (C=O) groups is 3. The fourth-order valence-corrected chi connectivity index (χ4v) is 3.17. The molecule has 0 radical (unpaired) electrons. The molecule has 1 aliphatic rings.